The van der Waals surface area contributed by atoms with Crippen LogP contribution in [0.5, 0.6) is 0 Å². The monoisotopic (exact) mass is 332 g/mol. The van der Waals surface area contributed by atoms with E-state index >= 15 is 0 Å². The molecule has 0 N–H and O–H groups in total. The van der Waals surface area contributed by atoms with Crippen LogP contribution >= 0.6 is 0 Å². The van der Waals surface area contributed by atoms with Crippen molar-refractivity contribution in [1.82, 2.24) is 9.80 Å². The minimum Gasteiger partial charge on any atom is -0.381 e. The van der Waals surface area contributed by atoms with E-state index in [-0.39, 0.29) is 11.9 Å². The summed E-state index contributed by atoms with van der Waals surface area (Å²) < 4.78 is 5.46. The van der Waals surface area contributed by atoms with E-state index in [1.54, 1.807) is 7.11 Å². The number of piperidine rings is 1. The van der Waals surface area contributed by atoms with Crippen LogP contribution in [-0.2, 0) is 4.74 Å². The third-order valence-electron chi connectivity index (χ3n) is 5.17. The molecular weight excluding hydrogens is 300 g/mol. The van der Waals surface area contributed by atoms with Crippen molar-refractivity contribution in [3.63, 3.8) is 0 Å². The number of likely N-dealkylation sites (N-methyl/N-ethyl adjacent to an activating group) is 1. The molecule has 24 heavy (non-hydrogen) atoms. The van der Waals surface area contributed by atoms with E-state index in [1.807, 2.05) is 43.1 Å². The van der Waals surface area contributed by atoms with Gasteiger partial charge in [0.2, 0.25) is 0 Å². The summed E-state index contributed by atoms with van der Waals surface area (Å²) in [6, 6.07) is 8.08. The summed E-state index contributed by atoms with van der Waals surface area (Å²) in [5.74, 6) is 0.535. The first-order valence-corrected chi connectivity index (χ1v) is 9.01. The van der Waals surface area contributed by atoms with Crippen LogP contribution in [0.2, 0.25) is 0 Å². The molecule has 1 aliphatic heterocycles. The van der Waals surface area contributed by atoms with Gasteiger partial charge in [-0.2, -0.15) is 0 Å². The van der Waals surface area contributed by atoms with Crippen LogP contribution in [0.25, 0.3) is 0 Å². The van der Waals surface area contributed by atoms with E-state index in [0.717, 1.165) is 43.6 Å². The zero-order valence-corrected chi connectivity index (χ0v) is 15.8. The maximum absolute atomic E-state index is 12.9. The van der Waals surface area contributed by atoms with Gasteiger partial charge in [0.15, 0.2) is 0 Å². The maximum Gasteiger partial charge on any atom is 0.253 e. The number of likely N-dealkylation sites (tertiary alicyclic amines) is 1. The van der Waals surface area contributed by atoms with Crippen molar-refractivity contribution in [2.75, 3.05) is 33.8 Å². The predicted molar refractivity (Wildman–Crippen MR) is 98.4 cm³/mol. The van der Waals surface area contributed by atoms with Crippen LogP contribution in [-0.4, -0.2) is 61.6 Å². The van der Waals surface area contributed by atoms with Crippen molar-refractivity contribution in [3.05, 3.63) is 35.4 Å². The number of methoxy groups -OCH3 is 1. The SMILES string of the molecule is COC1CCN(CC(C(C)C)N(C)C(=O)c2cccc(C)c2)CC1. The molecule has 2 rings (SSSR count). The van der Waals surface area contributed by atoms with Gasteiger partial charge < -0.3 is 14.5 Å². The molecule has 0 aromatic heterocycles. The van der Waals surface area contributed by atoms with Gasteiger partial charge in [-0.3, -0.25) is 4.79 Å². The van der Waals surface area contributed by atoms with Crippen LogP contribution in [0.3, 0.4) is 0 Å². The van der Waals surface area contributed by atoms with Gasteiger partial charge in [-0.25, -0.2) is 0 Å². The molecule has 1 aromatic rings. The van der Waals surface area contributed by atoms with Crippen molar-refractivity contribution >= 4 is 5.91 Å². The Hall–Kier alpha value is -1.39. The van der Waals surface area contributed by atoms with Crippen LogP contribution in [0.1, 0.15) is 42.6 Å². The summed E-state index contributed by atoms with van der Waals surface area (Å²) in [7, 11) is 3.74. The van der Waals surface area contributed by atoms with Crippen molar-refractivity contribution in [1.29, 1.82) is 0 Å². The topological polar surface area (TPSA) is 32.8 Å². The van der Waals surface area contributed by atoms with E-state index in [0.29, 0.717) is 12.0 Å². The fraction of sp³-hybridized carbons (Fsp3) is 0.650. The molecule has 1 heterocycles. The van der Waals surface area contributed by atoms with Gasteiger partial charge in [0.1, 0.15) is 0 Å². The Balaban J connectivity index is 2.02. The lowest BCUT2D eigenvalue weighted by Crippen LogP contribution is -2.50. The molecule has 0 radical (unpaired) electrons. The number of hydrogen-bond acceptors (Lipinski definition) is 3. The van der Waals surface area contributed by atoms with Crippen molar-refractivity contribution in [2.24, 2.45) is 5.92 Å². The first kappa shape index (κ1) is 18.9. The average molecular weight is 332 g/mol. The summed E-state index contributed by atoms with van der Waals surface area (Å²) >= 11 is 0. The van der Waals surface area contributed by atoms with Gasteiger partial charge in [0.25, 0.3) is 5.91 Å². The van der Waals surface area contributed by atoms with E-state index < -0.39 is 0 Å². The van der Waals surface area contributed by atoms with Gasteiger partial charge >= 0.3 is 0 Å². The number of aryl methyl sites for hydroxylation is 1. The standard InChI is InChI=1S/C20H32N2O2/c1-15(2)19(14-22-11-9-18(24-5)10-12-22)21(4)20(23)17-8-6-7-16(3)13-17/h6-8,13,15,18-19H,9-12,14H2,1-5H3. The summed E-state index contributed by atoms with van der Waals surface area (Å²) in [4.78, 5) is 17.3. The van der Waals surface area contributed by atoms with Crippen molar-refractivity contribution in [3.8, 4) is 0 Å². The number of carbonyl (C=O) groups excluding carboxylic acids is 1. The van der Waals surface area contributed by atoms with Crippen LogP contribution < -0.4 is 0 Å². The second kappa shape index (κ2) is 8.63. The van der Waals surface area contributed by atoms with E-state index in [1.165, 1.54) is 0 Å². The zero-order chi connectivity index (χ0) is 17.7. The Bertz CT molecular complexity index is 536. The average Bonchev–Trinajstić information content (AvgIpc) is 2.58. The second-order valence-electron chi connectivity index (χ2n) is 7.33. The van der Waals surface area contributed by atoms with Gasteiger partial charge in [-0.1, -0.05) is 31.5 Å². The molecule has 1 unspecified atom stereocenters. The van der Waals surface area contributed by atoms with E-state index in [2.05, 4.69) is 18.7 Å². The highest BCUT2D eigenvalue weighted by molar-refractivity contribution is 5.94. The van der Waals surface area contributed by atoms with Crippen molar-refractivity contribution in [2.45, 2.75) is 45.8 Å². The van der Waals surface area contributed by atoms with Gasteiger partial charge in [-0.15, -0.1) is 0 Å². The normalized spacial score (nSPS) is 17.9. The summed E-state index contributed by atoms with van der Waals surface area (Å²) in [5, 5.41) is 0. The van der Waals surface area contributed by atoms with Gasteiger partial charge in [-0.05, 0) is 37.8 Å². The minimum atomic E-state index is 0.115. The number of ether oxygens (including phenoxy) is 1. The predicted octanol–water partition coefficient (Wildman–Crippen LogP) is 3.20. The number of carbonyl (C=O) groups is 1. The number of nitrogens with zero attached hydrogens (tertiary/aromatic N) is 2. The summed E-state index contributed by atoms with van der Waals surface area (Å²) in [6.07, 6.45) is 2.55. The second-order valence-corrected chi connectivity index (χ2v) is 7.33. The van der Waals surface area contributed by atoms with Crippen LogP contribution in [0.15, 0.2) is 24.3 Å². The molecule has 0 aliphatic carbocycles. The molecule has 4 nitrogen and oxygen atoms in total. The van der Waals surface area contributed by atoms with Crippen LogP contribution in [0.4, 0.5) is 0 Å². The highest BCUT2D eigenvalue weighted by atomic mass is 16.5. The third kappa shape index (κ3) is 4.81. The smallest absolute Gasteiger partial charge is 0.253 e. The third-order valence-corrected chi connectivity index (χ3v) is 5.17. The molecule has 1 atom stereocenters. The highest BCUT2D eigenvalue weighted by Gasteiger charge is 2.28. The molecule has 1 aromatic carbocycles. The fourth-order valence-electron chi connectivity index (χ4n) is 3.50. The zero-order valence-electron chi connectivity index (χ0n) is 15.8. The quantitative estimate of drug-likeness (QED) is 0.802. The van der Waals surface area contributed by atoms with Gasteiger partial charge in [0.05, 0.1) is 6.10 Å². The molecule has 4 heteroatoms. The molecular formula is C20H32N2O2. The molecule has 0 spiro atoms. The number of amides is 1. The molecule has 134 valence electrons. The molecule has 1 fully saturated rings. The summed E-state index contributed by atoms with van der Waals surface area (Å²) in [6.45, 7) is 9.46. The van der Waals surface area contributed by atoms with Crippen LogP contribution in [0, 0.1) is 12.8 Å². The highest BCUT2D eigenvalue weighted by Crippen LogP contribution is 2.19. The van der Waals surface area contributed by atoms with E-state index in [9.17, 15) is 4.79 Å². The minimum absolute atomic E-state index is 0.115. The molecule has 1 aliphatic rings. The van der Waals surface area contributed by atoms with E-state index in [4.69, 9.17) is 4.74 Å². The number of rotatable bonds is 6. The lowest BCUT2D eigenvalue weighted by atomic mass is 9.99. The first-order chi connectivity index (χ1) is 11.4. The van der Waals surface area contributed by atoms with Crippen molar-refractivity contribution < 1.29 is 9.53 Å². The molecule has 0 bridgehead atoms. The number of hydrogen-bond donors (Lipinski definition) is 0. The Morgan fingerprint density at radius 1 is 1.33 bits per heavy atom. The Morgan fingerprint density at radius 3 is 2.54 bits per heavy atom. The lowest BCUT2D eigenvalue weighted by Gasteiger charge is -2.38. The Labute approximate surface area is 146 Å². The Kier molecular flexibility index (Phi) is 6.81. The largest absolute Gasteiger partial charge is 0.381 e. The molecule has 0 saturated carbocycles. The number of benzene rings is 1. The Morgan fingerprint density at radius 2 is 2.00 bits per heavy atom. The van der Waals surface area contributed by atoms with Gasteiger partial charge in [0, 0.05) is 45.4 Å². The fourth-order valence-corrected chi connectivity index (χ4v) is 3.50. The first-order valence-electron chi connectivity index (χ1n) is 9.01. The summed E-state index contributed by atoms with van der Waals surface area (Å²) in [5.41, 5.74) is 1.90. The molecule has 1 amide bonds. The molecule has 1 saturated heterocycles. The lowest BCUT2D eigenvalue weighted by molar-refractivity contribution is 0.0271. The maximum atomic E-state index is 12.9.